The zero-order chi connectivity index (χ0) is 20.1. The van der Waals surface area contributed by atoms with Crippen molar-refractivity contribution in [2.75, 3.05) is 12.4 Å². The maximum atomic E-state index is 6.00. The Kier molecular flexibility index (Phi) is 6.87. The summed E-state index contributed by atoms with van der Waals surface area (Å²) in [6.45, 7) is 5.37. The van der Waals surface area contributed by atoms with Gasteiger partial charge in [0.2, 0.25) is 0 Å². The van der Waals surface area contributed by atoms with E-state index in [2.05, 4.69) is 59.4 Å². The molecule has 3 aromatic rings. The minimum absolute atomic E-state index is 0.437. The number of halogens is 2. The Morgan fingerprint density at radius 3 is 2.46 bits per heavy atom. The van der Waals surface area contributed by atoms with Gasteiger partial charge in [0.05, 0.1) is 11.6 Å². The van der Waals surface area contributed by atoms with Crippen LogP contribution in [-0.2, 0) is 13.2 Å². The number of anilines is 1. The van der Waals surface area contributed by atoms with Crippen LogP contribution in [0.15, 0.2) is 59.1 Å². The molecule has 1 N–H and O–H groups in total. The quantitative estimate of drug-likeness (QED) is 0.415. The maximum absolute atomic E-state index is 6.00. The van der Waals surface area contributed by atoms with E-state index in [0.29, 0.717) is 29.7 Å². The average molecular weight is 461 g/mol. The molecule has 0 radical (unpaired) electrons. The Hall–Kier alpha value is -2.17. The largest absolute Gasteiger partial charge is 0.493 e. The summed E-state index contributed by atoms with van der Waals surface area (Å²) in [5, 5.41) is 4.21. The van der Waals surface area contributed by atoms with Gasteiger partial charge in [0, 0.05) is 17.3 Å². The molecule has 28 heavy (non-hydrogen) atoms. The third kappa shape index (κ3) is 5.00. The van der Waals surface area contributed by atoms with Gasteiger partial charge in [0.25, 0.3) is 0 Å². The zero-order valence-electron chi connectivity index (χ0n) is 16.2. The minimum atomic E-state index is 0.437. The first kappa shape index (κ1) is 20.6. The summed E-state index contributed by atoms with van der Waals surface area (Å²) >= 11 is 9.56. The fourth-order valence-electron chi connectivity index (χ4n) is 2.89. The standard InChI is InChI=1S/C23H23BrClNO2/c1-15-5-4-6-21(16(15)2)26-13-18-11-20(24)23(22(12-18)27-3)28-14-17-7-9-19(25)10-8-17/h4-12,26H,13-14H2,1-3H3. The molecule has 0 aliphatic rings. The fourth-order valence-corrected chi connectivity index (χ4v) is 3.62. The molecule has 0 unspecified atom stereocenters. The highest BCUT2D eigenvalue weighted by Crippen LogP contribution is 2.37. The molecule has 3 aromatic carbocycles. The van der Waals surface area contributed by atoms with Crippen molar-refractivity contribution in [3.8, 4) is 11.5 Å². The van der Waals surface area contributed by atoms with Crippen molar-refractivity contribution in [3.05, 3.63) is 86.3 Å². The number of aryl methyl sites for hydroxylation is 1. The highest BCUT2D eigenvalue weighted by molar-refractivity contribution is 9.10. The summed E-state index contributed by atoms with van der Waals surface area (Å²) < 4.78 is 12.4. The first-order chi connectivity index (χ1) is 13.5. The number of nitrogens with one attached hydrogen (secondary N) is 1. The van der Waals surface area contributed by atoms with Gasteiger partial charge in [-0.05, 0) is 82.4 Å². The van der Waals surface area contributed by atoms with Gasteiger partial charge in [-0.2, -0.15) is 0 Å². The molecular formula is C23H23BrClNO2. The Bertz CT molecular complexity index is 958. The van der Waals surface area contributed by atoms with E-state index < -0.39 is 0 Å². The average Bonchev–Trinajstić information content (AvgIpc) is 2.69. The fraction of sp³-hybridized carbons (Fsp3) is 0.217. The highest BCUT2D eigenvalue weighted by Gasteiger charge is 2.12. The molecular weight excluding hydrogens is 438 g/mol. The lowest BCUT2D eigenvalue weighted by atomic mass is 10.1. The van der Waals surface area contributed by atoms with Crippen molar-refractivity contribution in [3.63, 3.8) is 0 Å². The molecule has 146 valence electrons. The second-order valence-electron chi connectivity index (χ2n) is 6.63. The van der Waals surface area contributed by atoms with Crippen LogP contribution in [0.4, 0.5) is 5.69 Å². The van der Waals surface area contributed by atoms with Gasteiger partial charge in [-0.25, -0.2) is 0 Å². The van der Waals surface area contributed by atoms with E-state index in [9.17, 15) is 0 Å². The maximum Gasteiger partial charge on any atom is 0.175 e. The number of benzene rings is 3. The van der Waals surface area contributed by atoms with Crippen LogP contribution in [0.5, 0.6) is 11.5 Å². The number of rotatable bonds is 7. The van der Waals surface area contributed by atoms with Crippen LogP contribution in [0, 0.1) is 13.8 Å². The third-order valence-corrected chi connectivity index (χ3v) is 5.51. The van der Waals surface area contributed by atoms with Gasteiger partial charge in [-0.1, -0.05) is 35.9 Å². The Balaban J connectivity index is 1.73. The SMILES string of the molecule is COc1cc(CNc2cccc(C)c2C)cc(Br)c1OCc1ccc(Cl)cc1. The number of ether oxygens (including phenoxy) is 2. The second kappa shape index (κ2) is 9.35. The summed E-state index contributed by atoms with van der Waals surface area (Å²) in [6, 6.07) is 17.9. The third-order valence-electron chi connectivity index (χ3n) is 4.67. The smallest absolute Gasteiger partial charge is 0.175 e. The van der Waals surface area contributed by atoms with E-state index in [-0.39, 0.29) is 0 Å². The molecule has 0 saturated heterocycles. The van der Waals surface area contributed by atoms with Crippen LogP contribution >= 0.6 is 27.5 Å². The highest BCUT2D eigenvalue weighted by atomic mass is 79.9. The van der Waals surface area contributed by atoms with Gasteiger partial charge in [0.15, 0.2) is 11.5 Å². The van der Waals surface area contributed by atoms with Crippen molar-refractivity contribution >= 4 is 33.2 Å². The van der Waals surface area contributed by atoms with Crippen molar-refractivity contribution in [2.45, 2.75) is 27.0 Å². The van der Waals surface area contributed by atoms with Crippen LogP contribution < -0.4 is 14.8 Å². The van der Waals surface area contributed by atoms with Crippen LogP contribution in [-0.4, -0.2) is 7.11 Å². The molecule has 0 bridgehead atoms. The van der Waals surface area contributed by atoms with E-state index >= 15 is 0 Å². The van der Waals surface area contributed by atoms with Crippen molar-refractivity contribution in [1.82, 2.24) is 0 Å². The lowest BCUT2D eigenvalue weighted by Crippen LogP contribution is -2.04. The first-order valence-electron chi connectivity index (χ1n) is 9.01. The predicted molar refractivity (Wildman–Crippen MR) is 120 cm³/mol. The number of methoxy groups -OCH3 is 1. The molecule has 0 aliphatic heterocycles. The monoisotopic (exact) mass is 459 g/mol. The van der Waals surface area contributed by atoms with Gasteiger partial charge in [0.1, 0.15) is 6.61 Å². The van der Waals surface area contributed by atoms with E-state index in [4.69, 9.17) is 21.1 Å². The zero-order valence-corrected chi connectivity index (χ0v) is 18.5. The van der Waals surface area contributed by atoms with Gasteiger partial charge in [-0.15, -0.1) is 0 Å². The van der Waals surface area contributed by atoms with Crippen LogP contribution in [0.1, 0.15) is 22.3 Å². The Labute approximate surface area is 179 Å². The number of hydrogen-bond acceptors (Lipinski definition) is 3. The summed E-state index contributed by atoms with van der Waals surface area (Å²) in [5.41, 5.74) is 5.81. The summed E-state index contributed by atoms with van der Waals surface area (Å²) in [5.74, 6) is 1.38. The lowest BCUT2D eigenvalue weighted by Gasteiger charge is -2.16. The predicted octanol–water partition coefficient (Wildman–Crippen LogP) is 6.92. The molecule has 0 heterocycles. The molecule has 0 aliphatic carbocycles. The second-order valence-corrected chi connectivity index (χ2v) is 7.92. The molecule has 5 heteroatoms. The van der Waals surface area contributed by atoms with E-state index in [1.807, 2.05) is 30.3 Å². The summed E-state index contributed by atoms with van der Waals surface area (Å²) in [7, 11) is 1.65. The van der Waals surface area contributed by atoms with Crippen molar-refractivity contribution in [2.24, 2.45) is 0 Å². The molecule has 0 fully saturated rings. The minimum Gasteiger partial charge on any atom is -0.493 e. The molecule has 3 rings (SSSR count). The summed E-state index contributed by atoms with van der Waals surface area (Å²) in [4.78, 5) is 0. The molecule has 0 atom stereocenters. The van der Waals surface area contributed by atoms with Gasteiger partial charge < -0.3 is 14.8 Å². The lowest BCUT2D eigenvalue weighted by molar-refractivity contribution is 0.282. The van der Waals surface area contributed by atoms with Crippen molar-refractivity contribution < 1.29 is 9.47 Å². The topological polar surface area (TPSA) is 30.5 Å². The molecule has 3 nitrogen and oxygen atoms in total. The van der Waals surface area contributed by atoms with Gasteiger partial charge in [-0.3, -0.25) is 0 Å². The Morgan fingerprint density at radius 2 is 1.75 bits per heavy atom. The summed E-state index contributed by atoms with van der Waals surface area (Å²) in [6.07, 6.45) is 0. The molecule has 0 amide bonds. The van der Waals surface area contributed by atoms with E-state index in [1.54, 1.807) is 7.11 Å². The van der Waals surface area contributed by atoms with Gasteiger partial charge >= 0.3 is 0 Å². The van der Waals surface area contributed by atoms with Crippen LogP contribution in [0.25, 0.3) is 0 Å². The Morgan fingerprint density at radius 1 is 1.00 bits per heavy atom. The van der Waals surface area contributed by atoms with Crippen LogP contribution in [0.2, 0.25) is 5.02 Å². The van der Waals surface area contributed by atoms with E-state index in [0.717, 1.165) is 21.3 Å². The normalized spacial score (nSPS) is 10.6. The number of hydrogen-bond donors (Lipinski definition) is 1. The van der Waals surface area contributed by atoms with E-state index in [1.165, 1.54) is 11.1 Å². The molecule has 0 aromatic heterocycles. The first-order valence-corrected chi connectivity index (χ1v) is 10.2. The molecule has 0 saturated carbocycles. The van der Waals surface area contributed by atoms with Crippen molar-refractivity contribution in [1.29, 1.82) is 0 Å². The molecule has 0 spiro atoms. The van der Waals surface area contributed by atoms with Crippen LogP contribution in [0.3, 0.4) is 0 Å².